The van der Waals surface area contributed by atoms with Crippen molar-refractivity contribution in [1.29, 1.82) is 0 Å². The molecule has 1 aromatic rings. The van der Waals surface area contributed by atoms with Crippen molar-refractivity contribution in [2.75, 3.05) is 20.1 Å². The predicted molar refractivity (Wildman–Crippen MR) is 84.1 cm³/mol. The third-order valence-electron chi connectivity index (χ3n) is 3.53. The van der Waals surface area contributed by atoms with Gasteiger partial charge in [-0.15, -0.1) is 12.4 Å². The van der Waals surface area contributed by atoms with E-state index < -0.39 is 10.0 Å². The molecule has 0 saturated heterocycles. The highest BCUT2D eigenvalue weighted by molar-refractivity contribution is 7.89. The number of sulfonamides is 1. The first-order chi connectivity index (χ1) is 9.13. The van der Waals surface area contributed by atoms with Gasteiger partial charge in [0.25, 0.3) is 0 Å². The molecular weight excluding hydrogens is 296 g/mol. The fourth-order valence-electron chi connectivity index (χ4n) is 2.43. The molecule has 0 amide bonds. The molecule has 114 valence electrons. The van der Waals surface area contributed by atoms with Gasteiger partial charge in [0.2, 0.25) is 10.0 Å². The molecule has 20 heavy (non-hydrogen) atoms. The van der Waals surface area contributed by atoms with E-state index in [9.17, 15) is 8.42 Å². The van der Waals surface area contributed by atoms with Crippen molar-refractivity contribution in [3.8, 4) is 0 Å². The zero-order chi connectivity index (χ0) is 13.7. The van der Waals surface area contributed by atoms with Crippen LogP contribution in [0.15, 0.2) is 23.1 Å². The van der Waals surface area contributed by atoms with Gasteiger partial charge < -0.3 is 5.32 Å². The second-order valence-electron chi connectivity index (χ2n) is 4.99. The fourth-order valence-corrected chi connectivity index (χ4v) is 3.56. The monoisotopic (exact) mass is 318 g/mol. The SMILES string of the molecule is CNCCCNS(=O)(=O)c1ccc2c(c1)CCCC2.Cl. The van der Waals surface area contributed by atoms with Crippen molar-refractivity contribution in [2.24, 2.45) is 0 Å². The highest BCUT2D eigenvalue weighted by Crippen LogP contribution is 2.23. The quantitative estimate of drug-likeness (QED) is 0.787. The van der Waals surface area contributed by atoms with Crippen molar-refractivity contribution in [1.82, 2.24) is 10.0 Å². The lowest BCUT2D eigenvalue weighted by molar-refractivity contribution is 0.576. The van der Waals surface area contributed by atoms with Gasteiger partial charge in [-0.1, -0.05) is 6.07 Å². The highest BCUT2D eigenvalue weighted by atomic mass is 35.5. The molecule has 4 nitrogen and oxygen atoms in total. The Kier molecular flexibility index (Phi) is 6.95. The van der Waals surface area contributed by atoms with Crippen molar-refractivity contribution < 1.29 is 8.42 Å². The minimum Gasteiger partial charge on any atom is -0.320 e. The number of nitrogens with one attached hydrogen (secondary N) is 2. The van der Waals surface area contributed by atoms with E-state index in [0.717, 1.165) is 32.2 Å². The minimum absolute atomic E-state index is 0. The van der Waals surface area contributed by atoms with Crippen LogP contribution in [0.3, 0.4) is 0 Å². The van der Waals surface area contributed by atoms with Gasteiger partial charge in [-0.05, 0) is 69.0 Å². The van der Waals surface area contributed by atoms with Gasteiger partial charge >= 0.3 is 0 Å². The molecule has 0 fully saturated rings. The Labute approximate surface area is 127 Å². The van der Waals surface area contributed by atoms with Crippen LogP contribution in [0.1, 0.15) is 30.4 Å². The van der Waals surface area contributed by atoms with E-state index in [1.165, 1.54) is 17.5 Å². The van der Waals surface area contributed by atoms with Crippen LogP contribution in [0, 0.1) is 0 Å². The van der Waals surface area contributed by atoms with Crippen LogP contribution >= 0.6 is 12.4 Å². The van der Waals surface area contributed by atoms with E-state index in [2.05, 4.69) is 10.0 Å². The van der Waals surface area contributed by atoms with Crippen LogP contribution in [-0.2, 0) is 22.9 Å². The highest BCUT2D eigenvalue weighted by Gasteiger charge is 2.16. The Balaban J connectivity index is 0.00000200. The summed E-state index contributed by atoms with van der Waals surface area (Å²) in [7, 11) is -1.49. The average molecular weight is 319 g/mol. The second-order valence-corrected chi connectivity index (χ2v) is 6.76. The first-order valence-electron chi connectivity index (χ1n) is 6.89. The smallest absolute Gasteiger partial charge is 0.240 e. The van der Waals surface area contributed by atoms with E-state index in [-0.39, 0.29) is 12.4 Å². The van der Waals surface area contributed by atoms with Crippen LogP contribution in [0.4, 0.5) is 0 Å². The lowest BCUT2D eigenvalue weighted by Gasteiger charge is -2.16. The van der Waals surface area contributed by atoms with Gasteiger partial charge in [-0.2, -0.15) is 0 Å². The Bertz CT molecular complexity index is 532. The molecule has 1 aliphatic carbocycles. The van der Waals surface area contributed by atoms with Gasteiger partial charge in [0.1, 0.15) is 0 Å². The predicted octanol–water partition coefficient (Wildman–Crippen LogP) is 1.88. The second kappa shape index (κ2) is 7.98. The van der Waals surface area contributed by atoms with Crippen molar-refractivity contribution >= 4 is 22.4 Å². The Morgan fingerprint density at radius 2 is 1.80 bits per heavy atom. The topological polar surface area (TPSA) is 58.2 Å². The van der Waals surface area contributed by atoms with Gasteiger partial charge in [-0.3, -0.25) is 0 Å². The Morgan fingerprint density at radius 3 is 2.50 bits per heavy atom. The number of hydrogen-bond acceptors (Lipinski definition) is 3. The van der Waals surface area contributed by atoms with E-state index in [1.807, 2.05) is 19.2 Å². The van der Waals surface area contributed by atoms with Gasteiger partial charge in [0.05, 0.1) is 4.90 Å². The number of rotatable bonds is 6. The maximum Gasteiger partial charge on any atom is 0.240 e. The molecule has 0 unspecified atom stereocenters. The standard InChI is InChI=1S/C14H22N2O2S.ClH/c1-15-9-4-10-16-19(17,18)14-8-7-12-5-2-3-6-13(12)11-14;/h7-8,11,15-16H,2-6,9-10H2,1H3;1H. The summed E-state index contributed by atoms with van der Waals surface area (Å²) in [6.07, 6.45) is 5.23. The molecule has 6 heteroatoms. The first kappa shape index (κ1) is 17.4. The summed E-state index contributed by atoms with van der Waals surface area (Å²) in [5.41, 5.74) is 2.50. The molecule has 0 aromatic heterocycles. The van der Waals surface area contributed by atoms with E-state index >= 15 is 0 Å². The zero-order valence-corrected chi connectivity index (χ0v) is 13.4. The Hall–Kier alpha value is -0.620. The average Bonchev–Trinajstić information content (AvgIpc) is 2.43. The molecule has 1 aromatic carbocycles. The van der Waals surface area contributed by atoms with Crippen LogP contribution < -0.4 is 10.0 Å². The molecular formula is C14H23ClN2O2S. The summed E-state index contributed by atoms with van der Waals surface area (Å²) in [6, 6.07) is 5.54. The summed E-state index contributed by atoms with van der Waals surface area (Å²) >= 11 is 0. The van der Waals surface area contributed by atoms with Gasteiger partial charge in [-0.25, -0.2) is 13.1 Å². The molecule has 0 bridgehead atoms. The van der Waals surface area contributed by atoms with Gasteiger partial charge in [0.15, 0.2) is 0 Å². The summed E-state index contributed by atoms with van der Waals surface area (Å²) < 4.78 is 26.9. The Morgan fingerprint density at radius 1 is 1.10 bits per heavy atom. The fraction of sp³-hybridized carbons (Fsp3) is 0.571. The third kappa shape index (κ3) is 4.45. The molecule has 0 radical (unpaired) electrons. The molecule has 0 heterocycles. The number of halogens is 1. The summed E-state index contributed by atoms with van der Waals surface area (Å²) in [5.74, 6) is 0. The normalized spacial score (nSPS) is 14.4. The number of fused-ring (bicyclic) bond motifs is 1. The molecule has 0 atom stereocenters. The lowest BCUT2D eigenvalue weighted by atomic mass is 9.92. The molecule has 0 saturated carbocycles. The van der Waals surface area contributed by atoms with E-state index in [1.54, 1.807) is 6.07 Å². The van der Waals surface area contributed by atoms with E-state index in [4.69, 9.17) is 0 Å². The molecule has 0 spiro atoms. The lowest BCUT2D eigenvalue weighted by Crippen LogP contribution is -2.27. The van der Waals surface area contributed by atoms with Crippen LogP contribution in [0.25, 0.3) is 0 Å². The molecule has 1 aliphatic rings. The minimum atomic E-state index is -3.35. The maximum absolute atomic E-state index is 12.1. The number of benzene rings is 1. The maximum atomic E-state index is 12.1. The molecule has 2 N–H and O–H groups in total. The van der Waals surface area contributed by atoms with Crippen LogP contribution in [0.2, 0.25) is 0 Å². The summed E-state index contributed by atoms with van der Waals surface area (Å²) in [6.45, 7) is 1.28. The molecule has 0 aliphatic heterocycles. The third-order valence-corrected chi connectivity index (χ3v) is 4.98. The first-order valence-corrected chi connectivity index (χ1v) is 8.38. The van der Waals surface area contributed by atoms with Crippen LogP contribution in [0.5, 0.6) is 0 Å². The van der Waals surface area contributed by atoms with Crippen molar-refractivity contribution in [2.45, 2.75) is 37.0 Å². The summed E-state index contributed by atoms with van der Waals surface area (Å²) in [5, 5.41) is 3.00. The van der Waals surface area contributed by atoms with Crippen molar-refractivity contribution in [3.05, 3.63) is 29.3 Å². The molecule has 2 rings (SSSR count). The largest absolute Gasteiger partial charge is 0.320 e. The number of hydrogen-bond donors (Lipinski definition) is 2. The van der Waals surface area contributed by atoms with Crippen molar-refractivity contribution in [3.63, 3.8) is 0 Å². The van der Waals surface area contributed by atoms with Crippen LogP contribution in [-0.4, -0.2) is 28.6 Å². The number of aryl methyl sites for hydroxylation is 2. The summed E-state index contributed by atoms with van der Waals surface area (Å²) in [4.78, 5) is 0.401. The van der Waals surface area contributed by atoms with Gasteiger partial charge in [0, 0.05) is 6.54 Å². The zero-order valence-electron chi connectivity index (χ0n) is 11.8. The van der Waals surface area contributed by atoms with E-state index in [0.29, 0.717) is 11.4 Å².